The number of amides is 1. The molecular formula is C23H28N8O2. The van der Waals surface area contributed by atoms with Gasteiger partial charge in [0.2, 0.25) is 0 Å². The number of fused-ring (bicyclic) bond motifs is 1. The van der Waals surface area contributed by atoms with E-state index in [9.17, 15) is 4.79 Å². The smallest absolute Gasteiger partial charge is 0.251 e. The third kappa shape index (κ3) is 4.67. The van der Waals surface area contributed by atoms with E-state index < -0.39 is 0 Å². The van der Waals surface area contributed by atoms with Crippen molar-refractivity contribution in [1.29, 1.82) is 0 Å². The Morgan fingerprint density at radius 2 is 2.21 bits per heavy atom. The van der Waals surface area contributed by atoms with Crippen LogP contribution in [0.1, 0.15) is 45.6 Å². The molecule has 5 rings (SSSR count). The van der Waals surface area contributed by atoms with Crippen molar-refractivity contribution < 1.29 is 9.53 Å². The van der Waals surface area contributed by atoms with E-state index in [2.05, 4.69) is 42.5 Å². The molecule has 0 spiro atoms. The highest BCUT2D eigenvalue weighted by molar-refractivity contribution is 5.94. The molecule has 0 radical (unpaired) electrons. The fourth-order valence-electron chi connectivity index (χ4n) is 4.22. The molecule has 4 heterocycles. The molecule has 4 N–H and O–H groups in total. The quantitative estimate of drug-likeness (QED) is 0.427. The third-order valence-electron chi connectivity index (χ3n) is 6.08. The van der Waals surface area contributed by atoms with Gasteiger partial charge in [-0.2, -0.15) is 0 Å². The van der Waals surface area contributed by atoms with Gasteiger partial charge in [-0.25, -0.2) is 4.98 Å². The van der Waals surface area contributed by atoms with Crippen LogP contribution in [0.25, 0.3) is 0 Å². The van der Waals surface area contributed by atoms with Crippen molar-refractivity contribution in [2.75, 3.05) is 25.1 Å². The lowest BCUT2D eigenvalue weighted by Crippen LogP contribution is -2.40. The summed E-state index contributed by atoms with van der Waals surface area (Å²) in [5.41, 5.74) is 2.73. The first-order valence-corrected chi connectivity index (χ1v) is 11.2. The Balaban J connectivity index is 1.20. The van der Waals surface area contributed by atoms with E-state index in [1.54, 1.807) is 18.3 Å². The van der Waals surface area contributed by atoms with Crippen LogP contribution in [0.4, 0.5) is 5.82 Å². The molecule has 1 atom stereocenters. The summed E-state index contributed by atoms with van der Waals surface area (Å²) in [5, 5.41) is 21.6. The number of hydrogen-bond acceptors (Lipinski definition) is 8. The summed E-state index contributed by atoms with van der Waals surface area (Å²) in [5.74, 6) is 3.08. The van der Waals surface area contributed by atoms with Crippen LogP contribution in [-0.4, -0.2) is 45.5 Å². The van der Waals surface area contributed by atoms with Crippen molar-refractivity contribution >= 4 is 11.7 Å². The van der Waals surface area contributed by atoms with Gasteiger partial charge < -0.3 is 25.3 Å². The Hall–Kier alpha value is -3.50. The number of anilines is 1. The Morgan fingerprint density at radius 1 is 1.27 bits per heavy atom. The molecule has 2 aromatic heterocycles. The number of rotatable bonds is 7. The van der Waals surface area contributed by atoms with Gasteiger partial charge in [-0.1, -0.05) is 18.2 Å². The lowest BCUT2D eigenvalue weighted by Gasteiger charge is -2.23. The Kier molecular flexibility index (Phi) is 6.18. The van der Waals surface area contributed by atoms with Gasteiger partial charge in [-0.15, -0.1) is 10.2 Å². The van der Waals surface area contributed by atoms with Gasteiger partial charge in [0.05, 0.1) is 19.2 Å². The molecule has 2 aliphatic heterocycles. The predicted molar refractivity (Wildman–Crippen MR) is 123 cm³/mol. The summed E-state index contributed by atoms with van der Waals surface area (Å²) in [6, 6.07) is 9.69. The molecule has 1 fully saturated rings. The minimum absolute atomic E-state index is 0.158. The van der Waals surface area contributed by atoms with E-state index in [0.29, 0.717) is 31.1 Å². The topological polar surface area (TPSA) is 118 Å². The second-order valence-electron chi connectivity index (χ2n) is 8.23. The van der Waals surface area contributed by atoms with E-state index in [1.807, 2.05) is 23.7 Å². The first-order chi connectivity index (χ1) is 16.2. The fourth-order valence-corrected chi connectivity index (χ4v) is 4.22. The van der Waals surface area contributed by atoms with Crippen LogP contribution in [0.2, 0.25) is 0 Å². The zero-order valence-electron chi connectivity index (χ0n) is 18.6. The second kappa shape index (κ2) is 9.55. The van der Waals surface area contributed by atoms with Crippen molar-refractivity contribution in [2.45, 2.75) is 32.0 Å². The Morgan fingerprint density at radius 3 is 3.09 bits per heavy atom. The number of benzene rings is 1. The first-order valence-electron chi connectivity index (χ1n) is 11.2. The number of hydrogen-bond donors (Lipinski definition) is 4. The Bertz CT molecular complexity index is 1140. The van der Waals surface area contributed by atoms with Crippen molar-refractivity contribution in [2.24, 2.45) is 7.05 Å². The fraction of sp³-hybridized carbons (Fsp3) is 0.391. The van der Waals surface area contributed by atoms with Gasteiger partial charge in [-0.3, -0.25) is 10.1 Å². The molecule has 0 bridgehead atoms. The molecule has 172 valence electrons. The summed E-state index contributed by atoms with van der Waals surface area (Å²) < 4.78 is 7.73. The highest BCUT2D eigenvalue weighted by atomic mass is 16.5. The van der Waals surface area contributed by atoms with Crippen LogP contribution >= 0.6 is 0 Å². The lowest BCUT2D eigenvalue weighted by atomic mass is 10.1. The van der Waals surface area contributed by atoms with Crippen molar-refractivity contribution in [3.63, 3.8) is 0 Å². The van der Waals surface area contributed by atoms with E-state index in [0.717, 1.165) is 49.0 Å². The van der Waals surface area contributed by atoms with Crippen LogP contribution in [0, 0.1) is 0 Å². The van der Waals surface area contributed by atoms with Crippen LogP contribution in [-0.2, 0) is 26.6 Å². The lowest BCUT2D eigenvalue weighted by molar-refractivity contribution is 0.0950. The Labute approximate surface area is 192 Å². The van der Waals surface area contributed by atoms with E-state index in [1.165, 1.54) is 5.56 Å². The van der Waals surface area contributed by atoms with Crippen LogP contribution in [0.3, 0.4) is 0 Å². The highest BCUT2D eigenvalue weighted by Gasteiger charge is 2.21. The molecule has 1 saturated heterocycles. The molecule has 0 aliphatic carbocycles. The zero-order chi connectivity index (χ0) is 22.6. The van der Waals surface area contributed by atoms with Gasteiger partial charge in [0, 0.05) is 44.0 Å². The van der Waals surface area contributed by atoms with E-state index in [-0.39, 0.29) is 11.9 Å². The summed E-state index contributed by atoms with van der Waals surface area (Å²) in [4.78, 5) is 17.1. The molecule has 1 unspecified atom stereocenters. The number of pyridine rings is 1. The number of nitrogens with zero attached hydrogens (tertiary/aromatic N) is 4. The van der Waals surface area contributed by atoms with Crippen LogP contribution in [0.15, 0.2) is 36.5 Å². The maximum absolute atomic E-state index is 12.7. The van der Waals surface area contributed by atoms with Gasteiger partial charge in [0.25, 0.3) is 5.91 Å². The average Bonchev–Trinajstić information content (AvgIpc) is 3.49. The standard InChI is InChI=1S/C23H28N8O2/c1-31-20(29-30-22(31)18-6-8-24-14-28-18)13-26-19-11-16(5-9-25-19)23(32)27-12-17-4-2-3-15-7-10-33-21(15)17/h2-5,9,11,18,24,28H,6-8,10,12-14H2,1H3,(H,25,26)(H,27,32). The molecule has 2 aliphatic rings. The first kappa shape index (κ1) is 21.4. The van der Waals surface area contributed by atoms with Crippen LogP contribution in [0.5, 0.6) is 5.75 Å². The summed E-state index contributed by atoms with van der Waals surface area (Å²) in [6.45, 7) is 3.29. The molecule has 1 aromatic carbocycles. The van der Waals surface area contributed by atoms with Crippen molar-refractivity contribution in [1.82, 2.24) is 35.7 Å². The van der Waals surface area contributed by atoms with Crippen molar-refractivity contribution in [3.05, 3.63) is 64.9 Å². The molecular weight excluding hydrogens is 420 g/mol. The monoisotopic (exact) mass is 448 g/mol. The molecule has 10 heteroatoms. The molecule has 1 amide bonds. The van der Waals surface area contributed by atoms with Gasteiger partial charge >= 0.3 is 0 Å². The van der Waals surface area contributed by atoms with E-state index in [4.69, 9.17) is 4.74 Å². The van der Waals surface area contributed by atoms with E-state index >= 15 is 0 Å². The second-order valence-corrected chi connectivity index (χ2v) is 8.23. The number of nitrogens with one attached hydrogen (secondary N) is 4. The molecule has 0 saturated carbocycles. The minimum atomic E-state index is -0.158. The highest BCUT2D eigenvalue weighted by Crippen LogP contribution is 2.29. The molecule has 3 aromatic rings. The number of para-hydroxylation sites is 1. The SMILES string of the molecule is Cn1c(CNc2cc(C(=O)NCc3cccc4c3OCC4)ccn2)nnc1C1CCNCN1. The average molecular weight is 449 g/mol. The van der Waals surface area contributed by atoms with Gasteiger partial charge in [-0.05, 0) is 30.7 Å². The summed E-state index contributed by atoms with van der Waals surface area (Å²) in [7, 11) is 1.97. The third-order valence-corrected chi connectivity index (χ3v) is 6.08. The minimum Gasteiger partial charge on any atom is -0.493 e. The summed E-state index contributed by atoms with van der Waals surface area (Å²) >= 11 is 0. The predicted octanol–water partition coefficient (Wildman–Crippen LogP) is 1.27. The normalized spacial score (nSPS) is 17.3. The number of carbonyl (C=O) groups is 1. The molecule has 33 heavy (non-hydrogen) atoms. The van der Waals surface area contributed by atoms with Gasteiger partial charge in [0.1, 0.15) is 17.4 Å². The maximum Gasteiger partial charge on any atom is 0.251 e. The van der Waals surface area contributed by atoms with Gasteiger partial charge in [0.15, 0.2) is 5.82 Å². The number of carbonyl (C=O) groups excluding carboxylic acids is 1. The van der Waals surface area contributed by atoms with Crippen LogP contribution < -0.4 is 26.0 Å². The summed E-state index contributed by atoms with van der Waals surface area (Å²) in [6.07, 6.45) is 3.51. The van der Waals surface area contributed by atoms with Crippen molar-refractivity contribution in [3.8, 4) is 5.75 Å². The number of ether oxygens (including phenoxy) is 1. The zero-order valence-corrected chi connectivity index (χ0v) is 18.6. The molecule has 10 nitrogen and oxygen atoms in total. The maximum atomic E-state index is 12.7. The largest absolute Gasteiger partial charge is 0.493 e. The number of aromatic nitrogens is 4.